The number of carbonyl (C=O) groups is 2. The van der Waals surface area contributed by atoms with Crippen LogP contribution in [0.4, 0.5) is 11.4 Å². The van der Waals surface area contributed by atoms with Gasteiger partial charge in [-0.05, 0) is 55.1 Å². The normalized spacial score (nSPS) is 21.1. The van der Waals surface area contributed by atoms with Crippen LogP contribution in [0.15, 0.2) is 54.6 Å². The molecule has 0 spiro atoms. The highest BCUT2D eigenvalue weighted by molar-refractivity contribution is 6.03. The molecule has 2 fully saturated rings. The molecular formula is C25H29N3O4. The molecule has 0 saturated carbocycles. The molecule has 2 saturated heterocycles. The van der Waals surface area contributed by atoms with Crippen LogP contribution in [0.3, 0.4) is 0 Å². The van der Waals surface area contributed by atoms with Crippen LogP contribution in [0, 0.1) is 0 Å². The van der Waals surface area contributed by atoms with Crippen molar-refractivity contribution in [2.75, 3.05) is 30.7 Å². The number of amides is 1. The first kappa shape index (κ1) is 22.0. The Balaban J connectivity index is 1.30. The number of nitrogens with one attached hydrogen (secondary N) is 1. The lowest BCUT2D eigenvalue weighted by molar-refractivity contribution is -0.139. The first-order chi connectivity index (χ1) is 15.5. The molecule has 7 nitrogen and oxygen atoms in total. The first-order valence-electron chi connectivity index (χ1n) is 11.0. The zero-order valence-corrected chi connectivity index (χ0v) is 17.9. The monoisotopic (exact) mass is 435 g/mol. The van der Waals surface area contributed by atoms with Gasteiger partial charge in [0.2, 0.25) is 5.91 Å². The van der Waals surface area contributed by atoms with Gasteiger partial charge in [0, 0.05) is 18.7 Å². The van der Waals surface area contributed by atoms with E-state index in [1.807, 2.05) is 24.3 Å². The number of aliphatic carboxylic acids is 1. The fourth-order valence-electron chi connectivity index (χ4n) is 4.48. The van der Waals surface area contributed by atoms with Crippen LogP contribution in [0.1, 0.15) is 36.3 Å². The van der Waals surface area contributed by atoms with E-state index < -0.39 is 11.9 Å². The number of rotatable bonds is 9. The van der Waals surface area contributed by atoms with Gasteiger partial charge in [0.1, 0.15) is 0 Å². The SMILES string of the molecule is Nc1ccccc1NC(=O)C=Cc1ccc(C(CCCN2C[C@@H]3C[C@H]2CO3)C(=O)O)cc1. The second kappa shape index (κ2) is 9.97. The highest BCUT2D eigenvalue weighted by Crippen LogP contribution is 2.29. The van der Waals surface area contributed by atoms with Gasteiger partial charge in [0.15, 0.2) is 0 Å². The van der Waals surface area contributed by atoms with Crippen molar-refractivity contribution in [2.24, 2.45) is 0 Å². The third-order valence-electron chi connectivity index (χ3n) is 6.23. The van der Waals surface area contributed by atoms with Gasteiger partial charge in [-0.15, -0.1) is 0 Å². The standard InChI is InChI=1S/C25H29N3O4/c26-22-5-1-2-6-23(22)27-24(29)12-9-17-7-10-18(11-8-17)21(25(30)31)4-3-13-28-15-20-14-19(28)16-32-20/h1-2,5-12,19-21H,3-4,13-16,26H2,(H,27,29)(H,30,31)/t19-,20-,21?/m0/s1. The van der Waals surface area contributed by atoms with E-state index in [0.717, 1.165) is 43.7 Å². The van der Waals surface area contributed by atoms with Gasteiger partial charge in [0.05, 0.1) is 30.0 Å². The molecule has 2 aromatic carbocycles. The fourth-order valence-corrected chi connectivity index (χ4v) is 4.48. The summed E-state index contributed by atoms with van der Waals surface area (Å²) in [6.45, 7) is 2.68. The lowest BCUT2D eigenvalue weighted by Crippen LogP contribution is -2.37. The Labute approximate surface area is 187 Å². The summed E-state index contributed by atoms with van der Waals surface area (Å²) in [7, 11) is 0. The number of ether oxygens (including phenoxy) is 1. The average Bonchev–Trinajstić information content (AvgIpc) is 3.41. The van der Waals surface area contributed by atoms with Crippen LogP contribution in [0.2, 0.25) is 0 Å². The number of hydrogen-bond acceptors (Lipinski definition) is 5. The summed E-state index contributed by atoms with van der Waals surface area (Å²) in [4.78, 5) is 26.4. The van der Waals surface area contributed by atoms with Gasteiger partial charge in [-0.3, -0.25) is 14.5 Å². The Morgan fingerprint density at radius 3 is 2.66 bits per heavy atom. The topological polar surface area (TPSA) is 105 Å². The van der Waals surface area contributed by atoms with Crippen LogP contribution in [-0.2, 0) is 14.3 Å². The third-order valence-corrected chi connectivity index (χ3v) is 6.23. The number of anilines is 2. The maximum absolute atomic E-state index is 12.1. The first-order valence-corrected chi connectivity index (χ1v) is 11.0. The minimum absolute atomic E-state index is 0.281. The molecule has 0 radical (unpaired) electrons. The molecule has 2 aromatic rings. The molecule has 2 aliphatic heterocycles. The Bertz CT molecular complexity index is 989. The lowest BCUT2D eigenvalue weighted by Gasteiger charge is -2.27. The second-order valence-electron chi connectivity index (χ2n) is 8.45. The van der Waals surface area contributed by atoms with E-state index in [1.165, 1.54) is 6.08 Å². The van der Waals surface area contributed by atoms with Crippen LogP contribution in [0.5, 0.6) is 0 Å². The van der Waals surface area contributed by atoms with Crippen LogP contribution in [-0.4, -0.2) is 53.7 Å². The number of nitrogen functional groups attached to an aromatic ring is 1. The molecule has 1 unspecified atom stereocenters. The van der Waals surface area contributed by atoms with Crippen molar-refractivity contribution in [3.8, 4) is 0 Å². The third kappa shape index (κ3) is 5.36. The van der Waals surface area contributed by atoms with Gasteiger partial charge in [-0.2, -0.15) is 0 Å². The number of para-hydroxylation sites is 2. The summed E-state index contributed by atoms with van der Waals surface area (Å²) in [5.74, 6) is -1.62. The van der Waals surface area contributed by atoms with E-state index in [0.29, 0.717) is 29.9 Å². The molecule has 0 aromatic heterocycles. The predicted octanol–water partition coefficient (Wildman–Crippen LogP) is 3.34. The minimum atomic E-state index is -0.806. The van der Waals surface area contributed by atoms with E-state index in [1.54, 1.807) is 30.3 Å². The van der Waals surface area contributed by atoms with Crippen molar-refractivity contribution in [2.45, 2.75) is 37.3 Å². The summed E-state index contributed by atoms with van der Waals surface area (Å²) >= 11 is 0. The quantitative estimate of drug-likeness (QED) is 0.412. The van der Waals surface area contributed by atoms with Crippen molar-refractivity contribution < 1.29 is 19.4 Å². The molecule has 2 aliphatic rings. The largest absolute Gasteiger partial charge is 0.481 e. The van der Waals surface area contributed by atoms with Crippen molar-refractivity contribution in [3.63, 3.8) is 0 Å². The number of nitrogens with zero attached hydrogens (tertiary/aromatic N) is 1. The molecule has 1 amide bonds. The second-order valence-corrected chi connectivity index (χ2v) is 8.45. The van der Waals surface area contributed by atoms with Gasteiger partial charge < -0.3 is 20.9 Å². The number of carboxylic acid groups (broad SMARTS) is 1. The number of likely N-dealkylation sites (tertiary alicyclic amines) is 1. The number of nitrogens with two attached hydrogens (primary N) is 1. The summed E-state index contributed by atoms with van der Waals surface area (Å²) in [5, 5.41) is 12.5. The molecule has 3 atom stereocenters. The molecule has 32 heavy (non-hydrogen) atoms. The van der Waals surface area contributed by atoms with Gasteiger partial charge in [-0.1, -0.05) is 36.4 Å². The van der Waals surface area contributed by atoms with Crippen molar-refractivity contribution in [1.82, 2.24) is 4.90 Å². The van der Waals surface area contributed by atoms with E-state index in [-0.39, 0.29) is 5.91 Å². The number of carbonyl (C=O) groups excluding carboxylic acids is 1. The number of carboxylic acids is 1. The van der Waals surface area contributed by atoms with Crippen LogP contribution >= 0.6 is 0 Å². The van der Waals surface area contributed by atoms with E-state index in [9.17, 15) is 14.7 Å². The number of morpholine rings is 1. The highest BCUT2D eigenvalue weighted by atomic mass is 16.5. The Morgan fingerprint density at radius 2 is 2.00 bits per heavy atom. The summed E-state index contributed by atoms with van der Waals surface area (Å²) in [6.07, 6.45) is 6.03. The Morgan fingerprint density at radius 1 is 1.22 bits per heavy atom. The zero-order valence-electron chi connectivity index (χ0n) is 17.9. The number of fused-ring (bicyclic) bond motifs is 2. The molecule has 168 valence electrons. The zero-order chi connectivity index (χ0) is 22.5. The van der Waals surface area contributed by atoms with Gasteiger partial charge in [-0.25, -0.2) is 0 Å². The molecule has 2 heterocycles. The van der Waals surface area contributed by atoms with E-state index in [2.05, 4.69) is 10.2 Å². The summed E-state index contributed by atoms with van der Waals surface area (Å²) in [6, 6.07) is 14.9. The van der Waals surface area contributed by atoms with Gasteiger partial charge in [0.25, 0.3) is 0 Å². The minimum Gasteiger partial charge on any atom is -0.481 e. The molecule has 0 aliphatic carbocycles. The molecule has 4 rings (SSSR count). The summed E-state index contributed by atoms with van der Waals surface area (Å²) < 4.78 is 5.63. The van der Waals surface area contributed by atoms with Crippen LogP contribution < -0.4 is 11.1 Å². The van der Waals surface area contributed by atoms with Crippen molar-refractivity contribution in [3.05, 3.63) is 65.7 Å². The predicted molar refractivity (Wildman–Crippen MR) is 124 cm³/mol. The van der Waals surface area contributed by atoms with Crippen molar-refractivity contribution in [1.29, 1.82) is 0 Å². The van der Waals surface area contributed by atoms with Crippen molar-refractivity contribution >= 4 is 29.3 Å². The summed E-state index contributed by atoms with van der Waals surface area (Å²) in [5.41, 5.74) is 8.51. The average molecular weight is 436 g/mol. The van der Waals surface area contributed by atoms with Crippen LogP contribution in [0.25, 0.3) is 6.08 Å². The molecule has 4 N–H and O–H groups in total. The maximum Gasteiger partial charge on any atom is 0.310 e. The molecular weight excluding hydrogens is 406 g/mol. The number of benzene rings is 2. The fraction of sp³-hybridized carbons (Fsp3) is 0.360. The van der Waals surface area contributed by atoms with E-state index in [4.69, 9.17) is 10.5 Å². The smallest absolute Gasteiger partial charge is 0.310 e. The van der Waals surface area contributed by atoms with E-state index >= 15 is 0 Å². The lowest BCUT2D eigenvalue weighted by atomic mass is 9.93. The Kier molecular flexibility index (Phi) is 6.87. The number of hydrogen-bond donors (Lipinski definition) is 3. The molecule has 7 heteroatoms. The highest BCUT2D eigenvalue weighted by Gasteiger charge is 2.38. The van der Waals surface area contributed by atoms with Gasteiger partial charge >= 0.3 is 5.97 Å². The maximum atomic E-state index is 12.1. The Hall–Kier alpha value is -3.16. The molecule has 2 bridgehead atoms.